The SMILES string of the molecule is O=C(NCC1=CC(/C=C/c2ccc(F)cc2)CS1)[C@H](O)[C@@H](O)C(=O)N1CCN(c2ccccc2Cl)CC1. The van der Waals surface area contributed by atoms with Crippen LogP contribution in [0.5, 0.6) is 0 Å². The third-order valence-electron chi connectivity index (χ3n) is 6.31. The maximum atomic E-state index is 13.0. The van der Waals surface area contributed by atoms with Gasteiger partial charge in [-0.05, 0) is 29.8 Å². The number of carbonyl (C=O) groups is 2. The molecule has 2 heterocycles. The highest BCUT2D eigenvalue weighted by Crippen LogP contribution is 2.30. The average molecular weight is 546 g/mol. The minimum atomic E-state index is -1.87. The van der Waals surface area contributed by atoms with Crippen molar-refractivity contribution in [3.05, 3.63) is 82.0 Å². The highest BCUT2D eigenvalue weighted by atomic mass is 35.5. The molecule has 196 valence electrons. The molecular weight excluding hydrogens is 517 g/mol. The Kier molecular flexibility index (Phi) is 9.26. The second-order valence-corrected chi connectivity index (χ2v) is 10.4. The second kappa shape index (κ2) is 12.6. The van der Waals surface area contributed by atoms with Crippen molar-refractivity contribution in [2.24, 2.45) is 5.92 Å². The summed E-state index contributed by atoms with van der Waals surface area (Å²) < 4.78 is 13.0. The lowest BCUT2D eigenvalue weighted by molar-refractivity contribution is -0.153. The molecule has 0 saturated carbocycles. The van der Waals surface area contributed by atoms with Crippen LogP contribution in [0.1, 0.15) is 5.56 Å². The summed E-state index contributed by atoms with van der Waals surface area (Å²) in [6.45, 7) is 1.91. The van der Waals surface area contributed by atoms with Gasteiger partial charge in [-0.25, -0.2) is 4.39 Å². The third kappa shape index (κ3) is 7.13. The molecular formula is C27H29ClFN3O4S. The van der Waals surface area contributed by atoms with Crippen LogP contribution >= 0.6 is 23.4 Å². The minimum absolute atomic E-state index is 0.156. The average Bonchev–Trinajstić information content (AvgIpc) is 3.38. The molecule has 10 heteroatoms. The summed E-state index contributed by atoms with van der Waals surface area (Å²) in [4.78, 5) is 29.6. The van der Waals surface area contributed by atoms with Gasteiger partial charge in [-0.2, -0.15) is 0 Å². The van der Waals surface area contributed by atoms with E-state index < -0.39 is 24.0 Å². The summed E-state index contributed by atoms with van der Waals surface area (Å²) in [6, 6.07) is 13.7. The van der Waals surface area contributed by atoms with E-state index in [1.165, 1.54) is 17.0 Å². The molecule has 2 amide bonds. The number of anilines is 1. The molecule has 0 aliphatic carbocycles. The predicted molar refractivity (Wildman–Crippen MR) is 145 cm³/mol. The van der Waals surface area contributed by atoms with E-state index in [9.17, 15) is 24.2 Å². The van der Waals surface area contributed by atoms with Gasteiger partial charge in [0.2, 0.25) is 0 Å². The quantitative estimate of drug-likeness (QED) is 0.472. The first-order valence-electron chi connectivity index (χ1n) is 12.0. The summed E-state index contributed by atoms with van der Waals surface area (Å²) in [6.07, 6.45) is 2.23. The summed E-state index contributed by atoms with van der Waals surface area (Å²) in [5, 5.41) is 23.9. The number of amides is 2. The summed E-state index contributed by atoms with van der Waals surface area (Å²) >= 11 is 7.83. The predicted octanol–water partition coefficient (Wildman–Crippen LogP) is 2.93. The Morgan fingerprint density at radius 1 is 1.08 bits per heavy atom. The van der Waals surface area contributed by atoms with Gasteiger partial charge >= 0.3 is 0 Å². The maximum Gasteiger partial charge on any atom is 0.254 e. The van der Waals surface area contributed by atoms with Gasteiger partial charge in [0.25, 0.3) is 11.8 Å². The van der Waals surface area contributed by atoms with E-state index >= 15 is 0 Å². The monoisotopic (exact) mass is 545 g/mol. The number of para-hydroxylation sites is 1. The molecule has 2 aromatic carbocycles. The number of carbonyl (C=O) groups excluding carboxylic acids is 2. The van der Waals surface area contributed by atoms with Crippen molar-refractivity contribution in [1.82, 2.24) is 10.2 Å². The van der Waals surface area contributed by atoms with E-state index in [-0.39, 0.29) is 18.3 Å². The number of benzene rings is 2. The molecule has 0 bridgehead atoms. The van der Waals surface area contributed by atoms with Crippen molar-refractivity contribution < 1.29 is 24.2 Å². The number of rotatable bonds is 8. The molecule has 1 saturated heterocycles. The molecule has 4 rings (SSSR count). The molecule has 1 fully saturated rings. The fraction of sp³-hybridized carbons (Fsp3) is 0.333. The zero-order valence-corrected chi connectivity index (χ0v) is 21.7. The molecule has 1 unspecified atom stereocenters. The lowest BCUT2D eigenvalue weighted by Gasteiger charge is -2.37. The Hall–Kier alpha value is -2.85. The van der Waals surface area contributed by atoms with Crippen LogP contribution in [0.3, 0.4) is 0 Å². The van der Waals surface area contributed by atoms with Gasteiger partial charge in [-0.15, -0.1) is 11.8 Å². The molecule has 7 nitrogen and oxygen atoms in total. The Balaban J connectivity index is 1.22. The first kappa shape index (κ1) is 27.2. The third-order valence-corrected chi connectivity index (χ3v) is 7.83. The highest BCUT2D eigenvalue weighted by Gasteiger charge is 2.35. The normalized spacial score (nSPS) is 19.6. The van der Waals surface area contributed by atoms with Gasteiger partial charge in [0.15, 0.2) is 12.2 Å². The highest BCUT2D eigenvalue weighted by molar-refractivity contribution is 8.03. The molecule has 3 N–H and O–H groups in total. The van der Waals surface area contributed by atoms with Gasteiger partial charge in [0, 0.05) is 49.3 Å². The van der Waals surface area contributed by atoms with E-state index in [1.54, 1.807) is 30.0 Å². The number of aliphatic hydroxyl groups is 2. The van der Waals surface area contributed by atoms with Crippen LogP contribution < -0.4 is 10.2 Å². The Labute approximate surface area is 224 Å². The van der Waals surface area contributed by atoms with Crippen LogP contribution in [0.25, 0.3) is 6.08 Å². The Bertz CT molecular complexity index is 1170. The number of nitrogens with zero attached hydrogens (tertiary/aromatic N) is 2. The number of allylic oxidation sites excluding steroid dienone is 2. The van der Waals surface area contributed by atoms with Gasteiger partial charge in [0.1, 0.15) is 5.82 Å². The molecule has 37 heavy (non-hydrogen) atoms. The number of thioether (sulfide) groups is 1. The smallest absolute Gasteiger partial charge is 0.254 e. The zero-order chi connectivity index (χ0) is 26.4. The Morgan fingerprint density at radius 2 is 1.78 bits per heavy atom. The fourth-order valence-corrected chi connectivity index (χ4v) is 5.50. The molecule has 2 aromatic rings. The van der Waals surface area contributed by atoms with E-state index in [1.807, 2.05) is 36.4 Å². The van der Waals surface area contributed by atoms with Crippen LogP contribution in [0.4, 0.5) is 10.1 Å². The van der Waals surface area contributed by atoms with Gasteiger partial charge in [-0.3, -0.25) is 9.59 Å². The zero-order valence-electron chi connectivity index (χ0n) is 20.1. The molecule has 2 aliphatic heterocycles. The summed E-state index contributed by atoms with van der Waals surface area (Å²) in [5.74, 6) is -0.809. The van der Waals surface area contributed by atoms with Crippen molar-refractivity contribution in [3.8, 4) is 0 Å². The lowest BCUT2D eigenvalue weighted by atomic mass is 10.1. The van der Waals surface area contributed by atoms with Gasteiger partial charge < -0.3 is 25.3 Å². The van der Waals surface area contributed by atoms with Crippen LogP contribution in [0, 0.1) is 11.7 Å². The first-order chi connectivity index (χ1) is 17.8. The first-order valence-corrected chi connectivity index (χ1v) is 13.4. The van der Waals surface area contributed by atoms with Crippen molar-refractivity contribution in [1.29, 1.82) is 0 Å². The fourth-order valence-electron chi connectivity index (χ4n) is 4.19. The standard InChI is InChI=1S/C27H29ClFN3O4S/c28-22-3-1-2-4-23(22)31-11-13-32(14-12-31)27(36)25(34)24(33)26(35)30-16-21-15-19(17-37-21)6-5-18-7-9-20(29)10-8-18/h1-10,15,19,24-25,33-34H,11-14,16-17H2,(H,30,35)/b6-5+/t19?,24-,25-/m1/s1. The molecule has 0 spiro atoms. The van der Waals surface area contributed by atoms with Crippen LogP contribution in [-0.2, 0) is 9.59 Å². The van der Waals surface area contributed by atoms with E-state index in [2.05, 4.69) is 10.2 Å². The topological polar surface area (TPSA) is 93.1 Å². The minimum Gasteiger partial charge on any atom is -0.380 e. The number of hydrogen-bond donors (Lipinski definition) is 3. The Morgan fingerprint density at radius 3 is 2.49 bits per heavy atom. The summed E-state index contributed by atoms with van der Waals surface area (Å²) in [5.41, 5.74) is 1.78. The van der Waals surface area contributed by atoms with Crippen molar-refractivity contribution >= 4 is 46.9 Å². The van der Waals surface area contributed by atoms with Gasteiger partial charge in [-0.1, -0.05) is 54.1 Å². The number of hydrogen-bond acceptors (Lipinski definition) is 6. The van der Waals surface area contributed by atoms with Gasteiger partial charge in [0.05, 0.1) is 10.7 Å². The van der Waals surface area contributed by atoms with E-state index in [0.717, 1.165) is 21.9 Å². The molecule has 2 aliphatic rings. The van der Waals surface area contributed by atoms with Crippen LogP contribution in [0.2, 0.25) is 5.02 Å². The molecule has 0 aromatic heterocycles. The van der Waals surface area contributed by atoms with E-state index in [0.29, 0.717) is 31.2 Å². The number of aliphatic hydroxyl groups excluding tert-OH is 2. The van der Waals surface area contributed by atoms with Crippen molar-refractivity contribution in [2.45, 2.75) is 12.2 Å². The number of piperazine rings is 1. The maximum absolute atomic E-state index is 13.0. The van der Waals surface area contributed by atoms with Crippen molar-refractivity contribution in [3.63, 3.8) is 0 Å². The van der Waals surface area contributed by atoms with Crippen molar-refractivity contribution in [2.75, 3.05) is 43.4 Å². The van der Waals surface area contributed by atoms with E-state index in [4.69, 9.17) is 11.6 Å². The number of halogens is 2. The lowest BCUT2D eigenvalue weighted by Crippen LogP contribution is -2.55. The summed E-state index contributed by atoms with van der Waals surface area (Å²) in [7, 11) is 0. The van der Waals surface area contributed by atoms with Crippen LogP contribution in [-0.4, -0.2) is 77.6 Å². The second-order valence-electron chi connectivity index (χ2n) is 8.89. The largest absolute Gasteiger partial charge is 0.380 e. The molecule has 0 radical (unpaired) electrons. The number of nitrogens with one attached hydrogen (secondary N) is 1. The molecule has 3 atom stereocenters. The van der Waals surface area contributed by atoms with Crippen LogP contribution in [0.15, 0.2) is 65.6 Å².